The molecule has 1 N–H and O–H groups in total. The number of ether oxygens (including phenoxy) is 1. The molecule has 2 amide bonds. The molecule has 0 aromatic heterocycles. The summed E-state index contributed by atoms with van der Waals surface area (Å²) < 4.78 is 5.00. The lowest BCUT2D eigenvalue weighted by atomic mass is 9.62. The average Bonchev–Trinajstić information content (AvgIpc) is 2.80. The highest BCUT2D eigenvalue weighted by Crippen LogP contribution is 2.55. The summed E-state index contributed by atoms with van der Waals surface area (Å²) in [4.78, 5) is 29.1. The number of amides is 2. The van der Waals surface area contributed by atoms with E-state index in [4.69, 9.17) is 16.3 Å². The molecule has 0 aliphatic carbocycles. The summed E-state index contributed by atoms with van der Waals surface area (Å²) in [5.41, 5.74) is 2.64. The Bertz CT molecular complexity index is 983. The minimum Gasteiger partial charge on any atom is -0.462 e. The van der Waals surface area contributed by atoms with Crippen LogP contribution in [0.2, 0.25) is 5.02 Å². The number of halogens is 1. The van der Waals surface area contributed by atoms with Crippen molar-refractivity contribution in [2.45, 2.75) is 45.7 Å². The van der Waals surface area contributed by atoms with Gasteiger partial charge in [0.2, 0.25) is 0 Å². The summed E-state index contributed by atoms with van der Waals surface area (Å²) >= 11 is 6.12. The first-order chi connectivity index (χ1) is 15.8. The third-order valence-corrected chi connectivity index (χ3v) is 7.20. The number of hydrogen-bond acceptors (Lipinski definition) is 4. The maximum atomic E-state index is 12.9. The molecule has 2 aromatic rings. The Hall–Kier alpha value is -2.57. The van der Waals surface area contributed by atoms with E-state index < -0.39 is 0 Å². The lowest BCUT2D eigenvalue weighted by molar-refractivity contribution is -0.123. The molecule has 2 saturated heterocycles. The predicted octanol–water partition coefficient (Wildman–Crippen LogP) is 5.60. The smallest absolute Gasteiger partial charge is 0.338 e. The molecule has 1 unspecified atom stereocenters. The Morgan fingerprint density at radius 3 is 2.30 bits per heavy atom. The normalized spacial score (nSPS) is 19.9. The van der Waals surface area contributed by atoms with Gasteiger partial charge in [-0.2, -0.15) is 0 Å². The zero-order chi connectivity index (χ0) is 23.6. The van der Waals surface area contributed by atoms with Gasteiger partial charge < -0.3 is 15.0 Å². The molecule has 7 heteroatoms. The van der Waals surface area contributed by atoms with Gasteiger partial charge in [0.1, 0.15) is 0 Å². The summed E-state index contributed by atoms with van der Waals surface area (Å²) in [6, 6.07) is 15.8. The minimum atomic E-state index is -0.358. The molecule has 1 atom stereocenters. The van der Waals surface area contributed by atoms with E-state index in [0.717, 1.165) is 37.5 Å². The molecule has 176 valence electrons. The Morgan fingerprint density at radius 2 is 1.73 bits per heavy atom. The van der Waals surface area contributed by atoms with Crippen molar-refractivity contribution in [3.05, 3.63) is 64.7 Å². The van der Waals surface area contributed by atoms with Crippen LogP contribution in [0.3, 0.4) is 0 Å². The fraction of sp³-hybridized carbons (Fsp3) is 0.462. The predicted molar refractivity (Wildman–Crippen MR) is 131 cm³/mol. The van der Waals surface area contributed by atoms with Gasteiger partial charge in [-0.1, -0.05) is 23.7 Å². The van der Waals surface area contributed by atoms with E-state index in [1.165, 1.54) is 5.56 Å². The number of esters is 1. The topological polar surface area (TPSA) is 61.9 Å². The molecule has 2 aromatic carbocycles. The Labute approximate surface area is 200 Å². The van der Waals surface area contributed by atoms with E-state index in [0.29, 0.717) is 29.9 Å². The molecule has 0 bridgehead atoms. The zero-order valence-corrected chi connectivity index (χ0v) is 20.3. The number of anilines is 1. The van der Waals surface area contributed by atoms with Crippen molar-refractivity contribution >= 4 is 29.3 Å². The van der Waals surface area contributed by atoms with Gasteiger partial charge in [0.15, 0.2) is 0 Å². The number of piperidine rings is 1. The Morgan fingerprint density at radius 1 is 1.09 bits per heavy atom. The van der Waals surface area contributed by atoms with E-state index in [9.17, 15) is 9.59 Å². The van der Waals surface area contributed by atoms with E-state index in [2.05, 4.69) is 36.2 Å². The van der Waals surface area contributed by atoms with Crippen LogP contribution in [0.5, 0.6) is 0 Å². The summed E-state index contributed by atoms with van der Waals surface area (Å²) in [6.45, 7) is 9.10. The number of nitrogens with zero attached hydrogens (tertiary/aromatic N) is 2. The van der Waals surface area contributed by atoms with E-state index in [1.54, 1.807) is 31.2 Å². The van der Waals surface area contributed by atoms with Crippen LogP contribution < -0.4 is 5.32 Å². The SMILES string of the molecule is CCOC(=O)c1ccc(NC(=O)N2CCC3(CC2)CN(C(C)C)C3c2ccc(Cl)cc2)cc1. The highest BCUT2D eigenvalue weighted by Gasteiger charge is 2.54. The average molecular weight is 470 g/mol. The van der Waals surface area contributed by atoms with Crippen molar-refractivity contribution in [2.75, 3.05) is 31.6 Å². The third kappa shape index (κ3) is 4.87. The van der Waals surface area contributed by atoms with Gasteiger partial charge in [-0.15, -0.1) is 0 Å². The first-order valence-electron chi connectivity index (χ1n) is 11.7. The van der Waals surface area contributed by atoms with Crippen molar-refractivity contribution in [1.82, 2.24) is 9.80 Å². The number of carbonyl (C=O) groups excluding carboxylic acids is 2. The quantitative estimate of drug-likeness (QED) is 0.579. The van der Waals surface area contributed by atoms with Crippen LogP contribution in [-0.2, 0) is 4.74 Å². The molecule has 2 aliphatic rings. The van der Waals surface area contributed by atoms with Crippen molar-refractivity contribution in [2.24, 2.45) is 5.41 Å². The van der Waals surface area contributed by atoms with E-state index in [-0.39, 0.29) is 17.4 Å². The Kier molecular flexibility index (Phi) is 6.96. The monoisotopic (exact) mass is 469 g/mol. The van der Waals surface area contributed by atoms with Gasteiger partial charge in [0, 0.05) is 47.8 Å². The van der Waals surface area contributed by atoms with Crippen LogP contribution in [0.1, 0.15) is 55.6 Å². The maximum absolute atomic E-state index is 12.9. The van der Waals surface area contributed by atoms with Crippen LogP contribution in [0.15, 0.2) is 48.5 Å². The summed E-state index contributed by atoms with van der Waals surface area (Å²) in [5.74, 6) is -0.358. The molecule has 1 spiro atoms. The van der Waals surface area contributed by atoms with Crippen molar-refractivity contribution in [3.63, 3.8) is 0 Å². The first-order valence-corrected chi connectivity index (χ1v) is 12.0. The second-order valence-electron chi connectivity index (χ2n) is 9.30. The van der Waals surface area contributed by atoms with Gasteiger partial charge in [0.25, 0.3) is 0 Å². The lowest BCUT2D eigenvalue weighted by Gasteiger charge is -2.62. The zero-order valence-electron chi connectivity index (χ0n) is 19.5. The van der Waals surface area contributed by atoms with E-state index in [1.807, 2.05) is 17.0 Å². The minimum absolute atomic E-state index is 0.100. The number of benzene rings is 2. The molecule has 6 nitrogen and oxygen atoms in total. The van der Waals surface area contributed by atoms with Crippen LogP contribution in [0.25, 0.3) is 0 Å². The fourth-order valence-electron chi connectivity index (χ4n) is 5.14. The highest BCUT2D eigenvalue weighted by molar-refractivity contribution is 6.30. The van der Waals surface area contributed by atoms with Gasteiger partial charge in [0.05, 0.1) is 12.2 Å². The lowest BCUT2D eigenvalue weighted by Crippen LogP contribution is -2.64. The third-order valence-electron chi connectivity index (χ3n) is 6.95. The van der Waals surface area contributed by atoms with Crippen LogP contribution in [0, 0.1) is 5.41 Å². The van der Waals surface area contributed by atoms with E-state index >= 15 is 0 Å². The number of likely N-dealkylation sites (tertiary alicyclic amines) is 2. The van der Waals surface area contributed by atoms with Crippen LogP contribution in [-0.4, -0.2) is 54.1 Å². The van der Waals surface area contributed by atoms with Gasteiger partial charge in [-0.25, -0.2) is 9.59 Å². The summed E-state index contributed by atoms with van der Waals surface area (Å²) in [5, 5.41) is 3.71. The molecule has 4 rings (SSSR count). The van der Waals surface area contributed by atoms with Gasteiger partial charge in [-0.3, -0.25) is 4.90 Å². The largest absolute Gasteiger partial charge is 0.462 e. The number of urea groups is 1. The standard InChI is InChI=1S/C26H32ClN3O3/c1-4-33-24(31)20-7-11-22(12-8-20)28-25(32)29-15-13-26(14-16-29)17-30(18(2)3)23(26)19-5-9-21(27)10-6-19/h5-12,18,23H,4,13-17H2,1-3H3,(H,28,32). The number of rotatable bonds is 5. The molecule has 33 heavy (non-hydrogen) atoms. The van der Waals surface area contributed by atoms with Crippen molar-refractivity contribution in [1.29, 1.82) is 0 Å². The molecule has 2 heterocycles. The molecular formula is C26H32ClN3O3. The second kappa shape index (κ2) is 9.74. The van der Waals surface area contributed by atoms with Crippen LogP contribution >= 0.6 is 11.6 Å². The fourth-order valence-corrected chi connectivity index (χ4v) is 5.27. The maximum Gasteiger partial charge on any atom is 0.338 e. The number of hydrogen-bond donors (Lipinski definition) is 1. The molecule has 0 radical (unpaired) electrons. The molecule has 2 aliphatic heterocycles. The molecular weight excluding hydrogens is 438 g/mol. The highest BCUT2D eigenvalue weighted by atomic mass is 35.5. The Balaban J connectivity index is 1.38. The summed E-state index contributed by atoms with van der Waals surface area (Å²) in [7, 11) is 0. The van der Waals surface area contributed by atoms with Gasteiger partial charge in [-0.05, 0) is 75.6 Å². The molecule has 0 saturated carbocycles. The van der Waals surface area contributed by atoms with Gasteiger partial charge >= 0.3 is 12.0 Å². The molecule has 2 fully saturated rings. The van der Waals surface area contributed by atoms with Crippen LogP contribution in [0.4, 0.5) is 10.5 Å². The second-order valence-corrected chi connectivity index (χ2v) is 9.73. The number of nitrogens with one attached hydrogen (secondary N) is 1. The van der Waals surface area contributed by atoms with Crippen molar-refractivity contribution in [3.8, 4) is 0 Å². The van der Waals surface area contributed by atoms with Crippen molar-refractivity contribution < 1.29 is 14.3 Å². The number of carbonyl (C=O) groups is 2. The summed E-state index contributed by atoms with van der Waals surface area (Å²) in [6.07, 6.45) is 1.94. The first kappa shape index (κ1) is 23.6.